The Labute approximate surface area is 101 Å². The van der Waals surface area contributed by atoms with Gasteiger partial charge in [0.15, 0.2) is 17.4 Å². The summed E-state index contributed by atoms with van der Waals surface area (Å²) in [5.74, 6) is -1.91. The van der Waals surface area contributed by atoms with Gasteiger partial charge >= 0.3 is 0 Å². The van der Waals surface area contributed by atoms with Gasteiger partial charge in [-0.05, 0) is 5.41 Å². The summed E-state index contributed by atoms with van der Waals surface area (Å²) in [6.07, 6.45) is 0. The zero-order valence-corrected chi connectivity index (χ0v) is 9.72. The third kappa shape index (κ3) is 1.74. The molecule has 0 bridgehead atoms. The zero-order chi connectivity index (χ0) is 11.7. The Morgan fingerprint density at radius 1 is 1.44 bits per heavy atom. The van der Waals surface area contributed by atoms with Gasteiger partial charge in [0.25, 0.3) is 0 Å². The summed E-state index contributed by atoms with van der Waals surface area (Å²) in [7, 11) is 0. The Balaban J connectivity index is 2.67. The van der Waals surface area contributed by atoms with Gasteiger partial charge < -0.3 is 10.1 Å². The summed E-state index contributed by atoms with van der Waals surface area (Å²) in [4.78, 5) is 0.117. The van der Waals surface area contributed by atoms with E-state index in [2.05, 4.69) is 11.9 Å². The van der Waals surface area contributed by atoms with Crippen LogP contribution in [0.15, 0.2) is 16.9 Å². The lowest BCUT2D eigenvalue weighted by molar-refractivity contribution is 0.317. The number of ether oxygens (including phenoxy) is 1. The van der Waals surface area contributed by atoms with E-state index >= 15 is 0 Å². The van der Waals surface area contributed by atoms with E-state index in [1.807, 2.05) is 0 Å². The summed E-state index contributed by atoms with van der Waals surface area (Å²) in [5, 5.41) is 4.03. The molecule has 0 fully saturated rings. The second-order valence-electron chi connectivity index (χ2n) is 3.03. The van der Waals surface area contributed by atoms with Crippen LogP contribution >= 0.6 is 23.4 Å². The summed E-state index contributed by atoms with van der Waals surface area (Å²) in [6.45, 7) is 4.37. The molecule has 0 unspecified atom stereocenters. The number of nitrogens with one attached hydrogen (secondary N) is 1. The molecule has 0 saturated heterocycles. The SMILES string of the molecule is C=CSc1c(F)c(F)c(Cl)c2c1NCCO2. The maximum atomic E-state index is 13.6. The van der Waals surface area contributed by atoms with Crippen LogP contribution in [0.4, 0.5) is 14.5 Å². The minimum absolute atomic E-state index is 0.117. The van der Waals surface area contributed by atoms with Crippen molar-refractivity contribution in [2.24, 2.45) is 0 Å². The number of rotatable bonds is 2. The molecule has 1 heterocycles. The van der Waals surface area contributed by atoms with Crippen molar-refractivity contribution in [3.8, 4) is 5.75 Å². The van der Waals surface area contributed by atoms with E-state index in [0.29, 0.717) is 18.8 Å². The minimum atomic E-state index is -1.09. The number of fused-ring (bicyclic) bond motifs is 1. The third-order valence-electron chi connectivity index (χ3n) is 2.09. The summed E-state index contributed by atoms with van der Waals surface area (Å²) >= 11 is 6.66. The predicted octanol–water partition coefficient (Wildman–Crippen LogP) is 3.66. The first-order valence-corrected chi connectivity index (χ1v) is 5.77. The molecular formula is C10H8ClF2NOS. The van der Waals surface area contributed by atoms with Crippen molar-refractivity contribution >= 4 is 29.1 Å². The molecule has 1 aromatic rings. The largest absolute Gasteiger partial charge is 0.488 e. The van der Waals surface area contributed by atoms with Gasteiger partial charge in [0.1, 0.15) is 11.6 Å². The number of thioether (sulfide) groups is 1. The highest BCUT2D eigenvalue weighted by molar-refractivity contribution is 8.02. The average Bonchev–Trinajstić information content (AvgIpc) is 2.32. The summed E-state index contributed by atoms with van der Waals surface area (Å²) in [6, 6.07) is 0. The average molecular weight is 264 g/mol. The molecule has 2 nitrogen and oxygen atoms in total. The molecule has 1 N–H and O–H groups in total. The Morgan fingerprint density at radius 2 is 2.19 bits per heavy atom. The minimum Gasteiger partial charge on any atom is -0.488 e. The van der Waals surface area contributed by atoms with Crippen molar-refractivity contribution in [2.45, 2.75) is 4.90 Å². The fourth-order valence-electron chi connectivity index (χ4n) is 1.44. The second kappa shape index (κ2) is 4.51. The van der Waals surface area contributed by atoms with Crippen molar-refractivity contribution in [3.05, 3.63) is 28.6 Å². The second-order valence-corrected chi connectivity index (χ2v) is 4.39. The lowest BCUT2D eigenvalue weighted by Gasteiger charge is -2.23. The topological polar surface area (TPSA) is 21.3 Å². The first-order chi connectivity index (χ1) is 7.66. The van der Waals surface area contributed by atoms with Crippen LogP contribution in [0.2, 0.25) is 5.02 Å². The molecule has 6 heteroatoms. The Morgan fingerprint density at radius 3 is 2.88 bits per heavy atom. The number of hydrogen-bond acceptors (Lipinski definition) is 3. The van der Waals surface area contributed by atoms with Crippen LogP contribution in [0.3, 0.4) is 0 Å². The van der Waals surface area contributed by atoms with E-state index in [4.69, 9.17) is 16.3 Å². The standard InChI is InChI=1S/C10H8ClF2NOS/c1-2-16-10-7(13)6(12)5(11)9-8(10)14-3-4-15-9/h2,14H,1,3-4H2. The van der Waals surface area contributed by atoms with E-state index in [1.54, 1.807) is 0 Å². The molecule has 0 amide bonds. The van der Waals surface area contributed by atoms with E-state index in [0.717, 1.165) is 11.8 Å². The van der Waals surface area contributed by atoms with Gasteiger partial charge in [0.2, 0.25) is 0 Å². The van der Waals surface area contributed by atoms with E-state index in [1.165, 1.54) is 5.41 Å². The van der Waals surface area contributed by atoms with Crippen LogP contribution in [0.25, 0.3) is 0 Å². The number of benzene rings is 1. The van der Waals surface area contributed by atoms with Gasteiger partial charge in [-0.2, -0.15) is 0 Å². The molecule has 0 aliphatic carbocycles. The lowest BCUT2D eigenvalue weighted by Crippen LogP contribution is -2.20. The van der Waals surface area contributed by atoms with Crippen LogP contribution in [-0.2, 0) is 0 Å². The number of halogens is 3. The van der Waals surface area contributed by atoms with Crippen molar-refractivity contribution in [3.63, 3.8) is 0 Å². The van der Waals surface area contributed by atoms with Gasteiger partial charge in [0.05, 0.1) is 10.6 Å². The molecule has 0 radical (unpaired) electrons. The molecule has 0 atom stereocenters. The van der Waals surface area contributed by atoms with Gasteiger partial charge in [0, 0.05) is 6.54 Å². The first kappa shape index (κ1) is 11.5. The van der Waals surface area contributed by atoms with Crippen molar-refractivity contribution in [2.75, 3.05) is 18.5 Å². The molecule has 2 rings (SSSR count). The first-order valence-electron chi connectivity index (χ1n) is 4.51. The van der Waals surface area contributed by atoms with Crippen LogP contribution in [0.5, 0.6) is 5.75 Å². The molecule has 0 aromatic heterocycles. The van der Waals surface area contributed by atoms with Gasteiger partial charge in [-0.25, -0.2) is 8.78 Å². The fourth-order valence-corrected chi connectivity index (χ4v) is 2.31. The van der Waals surface area contributed by atoms with Gasteiger partial charge in [-0.1, -0.05) is 29.9 Å². The van der Waals surface area contributed by atoms with Crippen molar-refractivity contribution in [1.82, 2.24) is 0 Å². The van der Waals surface area contributed by atoms with Crippen LogP contribution in [0.1, 0.15) is 0 Å². The lowest BCUT2D eigenvalue weighted by atomic mass is 10.2. The highest BCUT2D eigenvalue weighted by Crippen LogP contribution is 2.45. The zero-order valence-electron chi connectivity index (χ0n) is 8.15. The summed E-state index contributed by atoms with van der Waals surface area (Å²) < 4.78 is 32.3. The Hall–Kier alpha value is -0.940. The van der Waals surface area contributed by atoms with Gasteiger partial charge in [-0.3, -0.25) is 0 Å². The quantitative estimate of drug-likeness (QED) is 0.650. The fraction of sp³-hybridized carbons (Fsp3) is 0.200. The third-order valence-corrected chi connectivity index (χ3v) is 3.21. The van der Waals surface area contributed by atoms with E-state index in [9.17, 15) is 8.78 Å². The molecule has 16 heavy (non-hydrogen) atoms. The molecule has 0 spiro atoms. The Bertz CT molecular complexity index is 453. The van der Waals surface area contributed by atoms with Crippen LogP contribution < -0.4 is 10.1 Å². The molecule has 1 aliphatic heterocycles. The normalized spacial score (nSPS) is 13.7. The summed E-state index contributed by atoms with van der Waals surface area (Å²) in [5.41, 5.74) is 0.389. The predicted molar refractivity (Wildman–Crippen MR) is 61.4 cm³/mol. The highest BCUT2D eigenvalue weighted by atomic mass is 35.5. The molecule has 1 aliphatic rings. The van der Waals surface area contributed by atoms with E-state index in [-0.39, 0.29) is 15.7 Å². The maximum absolute atomic E-state index is 13.6. The highest BCUT2D eigenvalue weighted by Gasteiger charge is 2.26. The number of anilines is 1. The molecule has 0 saturated carbocycles. The molecule has 86 valence electrons. The maximum Gasteiger partial charge on any atom is 0.182 e. The monoisotopic (exact) mass is 263 g/mol. The van der Waals surface area contributed by atoms with Crippen LogP contribution in [-0.4, -0.2) is 13.2 Å². The Kier molecular flexibility index (Phi) is 3.25. The van der Waals surface area contributed by atoms with Crippen LogP contribution in [0, 0.1) is 11.6 Å². The van der Waals surface area contributed by atoms with Crippen molar-refractivity contribution in [1.29, 1.82) is 0 Å². The van der Waals surface area contributed by atoms with E-state index < -0.39 is 11.6 Å². The molecular weight excluding hydrogens is 256 g/mol. The molecule has 1 aromatic carbocycles. The smallest absolute Gasteiger partial charge is 0.182 e. The van der Waals surface area contributed by atoms with Gasteiger partial charge in [-0.15, -0.1) is 0 Å². The number of hydrogen-bond donors (Lipinski definition) is 1. The van der Waals surface area contributed by atoms with Crippen molar-refractivity contribution < 1.29 is 13.5 Å².